The van der Waals surface area contributed by atoms with Gasteiger partial charge in [0.2, 0.25) is 10.0 Å². The summed E-state index contributed by atoms with van der Waals surface area (Å²) >= 11 is 6.11. The van der Waals surface area contributed by atoms with E-state index in [2.05, 4.69) is 5.32 Å². The monoisotopic (exact) mass is 410 g/mol. The molecular weight excluding hydrogens is 391 g/mol. The molecule has 1 amide bonds. The molecular formula is C19H20ClFN2O3S. The Morgan fingerprint density at radius 3 is 2.41 bits per heavy atom. The molecule has 1 N–H and O–H groups in total. The Bertz CT molecular complexity index is 942. The van der Waals surface area contributed by atoms with E-state index in [1.54, 1.807) is 19.1 Å². The Morgan fingerprint density at radius 2 is 1.78 bits per heavy atom. The minimum absolute atomic E-state index is 0.0619. The molecule has 0 spiro atoms. The lowest BCUT2D eigenvalue weighted by Gasteiger charge is -2.18. The summed E-state index contributed by atoms with van der Waals surface area (Å²) < 4.78 is 40.0. The van der Waals surface area contributed by atoms with Gasteiger partial charge in [-0.05, 0) is 55.7 Å². The molecule has 144 valence electrons. The van der Waals surface area contributed by atoms with Crippen LogP contribution in [0.1, 0.15) is 41.7 Å². The lowest BCUT2D eigenvalue weighted by molar-refractivity contribution is 0.0939. The van der Waals surface area contributed by atoms with Crippen molar-refractivity contribution in [1.29, 1.82) is 0 Å². The predicted octanol–water partition coefficient (Wildman–Crippen LogP) is 3.75. The van der Waals surface area contributed by atoms with E-state index >= 15 is 0 Å². The highest BCUT2D eigenvalue weighted by Crippen LogP contribution is 2.28. The molecule has 27 heavy (non-hydrogen) atoms. The molecule has 0 bridgehead atoms. The molecule has 1 fully saturated rings. The number of hydrogen-bond donors (Lipinski definition) is 1. The molecule has 0 aliphatic carbocycles. The highest BCUT2D eigenvalue weighted by molar-refractivity contribution is 7.89. The van der Waals surface area contributed by atoms with E-state index in [0.29, 0.717) is 13.1 Å². The zero-order chi connectivity index (χ0) is 19.6. The van der Waals surface area contributed by atoms with Crippen molar-refractivity contribution in [2.24, 2.45) is 0 Å². The number of amides is 1. The Labute approximate surface area is 163 Å². The summed E-state index contributed by atoms with van der Waals surface area (Å²) in [5.41, 5.74) is 0.940. The predicted molar refractivity (Wildman–Crippen MR) is 102 cm³/mol. The van der Waals surface area contributed by atoms with Crippen LogP contribution < -0.4 is 5.32 Å². The maximum Gasteiger partial charge on any atom is 0.251 e. The summed E-state index contributed by atoms with van der Waals surface area (Å²) in [5.74, 6) is -0.784. The van der Waals surface area contributed by atoms with Crippen LogP contribution in [0.3, 0.4) is 0 Å². The van der Waals surface area contributed by atoms with E-state index in [-0.39, 0.29) is 27.3 Å². The fraction of sp³-hybridized carbons (Fsp3) is 0.316. The normalized spacial score (nSPS) is 16.3. The van der Waals surface area contributed by atoms with Gasteiger partial charge >= 0.3 is 0 Å². The van der Waals surface area contributed by atoms with E-state index in [1.165, 1.54) is 34.6 Å². The molecule has 1 unspecified atom stereocenters. The molecule has 3 rings (SSSR count). The van der Waals surface area contributed by atoms with Gasteiger partial charge in [-0.25, -0.2) is 12.8 Å². The highest BCUT2D eigenvalue weighted by Gasteiger charge is 2.29. The Balaban J connectivity index is 1.82. The first-order chi connectivity index (χ1) is 12.8. The number of nitrogens with zero attached hydrogens (tertiary/aromatic N) is 1. The van der Waals surface area contributed by atoms with E-state index in [4.69, 9.17) is 11.6 Å². The molecule has 5 nitrogen and oxygen atoms in total. The summed E-state index contributed by atoms with van der Waals surface area (Å²) in [5, 5.41) is 2.87. The SMILES string of the molecule is CC(NC(=O)c1ccc(Cl)c(S(=O)(=O)N2CCCC2)c1)c1ccc(F)cc1. The molecule has 1 heterocycles. The van der Waals surface area contributed by atoms with Crippen molar-refractivity contribution in [3.63, 3.8) is 0 Å². The van der Waals surface area contributed by atoms with E-state index in [1.807, 2.05) is 0 Å². The third-order valence-electron chi connectivity index (χ3n) is 4.59. The second-order valence-electron chi connectivity index (χ2n) is 6.50. The minimum atomic E-state index is -3.73. The van der Waals surface area contributed by atoms with Crippen molar-refractivity contribution >= 4 is 27.5 Å². The number of rotatable bonds is 5. The molecule has 1 saturated heterocycles. The summed E-state index contributed by atoms with van der Waals surface area (Å²) in [6, 6.07) is 9.66. The van der Waals surface area contributed by atoms with Crippen LogP contribution in [0.15, 0.2) is 47.4 Å². The Kier molecular flexibility index (Phi) is 5.83. The maximum absolute atomic E-state index is 13.0. The molecule has 0 radical (unpaired) electrons. The van der Waals surface area contributed by atoms with Gasteiger partial charge in [-0.15, -0.1) is 0 Å². The second-order valence-corrected chi connectivity index (χ2v) is 8.82. The molecule has 2 aromatic rings. The average Bonchev–Trinajstić information content (AvgIpc) is 3.18. The number of nitrogens with one attached hydrogen (secondary N) is 1. The first kappa shape index (κ1) is 19.8. The number of hydrogen-bond acceptors (Lipinski definition) is 3. The van der Waals surface area contributed by atoms with Crippen LogP contribution in [0.2, 0.25) is 5.02 Å². The quantitative estimate of drug-likeness (QED) is 0.816. The minimum Gasteiger partial charge on any atom is -0.346 e. The van der Waals surface area contributed by atoms with Crippen molar-refractivity contribution in [3.8, 4) is 0 Å². The molecule has 1 aliphatic rings. The average molecular weight is 411 g/mol. The lowest BCUT2D eigenvalue weighted by atomic mass is 10.1. The van der Waals surface area contributed by atoms with Gasteiger partial charge in [0.1, 0.15) is 10.7 Å². The number of benzene rings is 2. The third-order valence-corrected chi connectivity index (χ3v) is 6.97. The van der Waals surface area contributed by atoms with Crippen molar-refractivity contribution in [3.05, 3.63) is 64.4 Å². The van der Waals surface area contributed by atoms with Crippen LogP contribution in [0.4, 0.5) is 4.39 Å². The van der Waals surface area contributed by atoms with Gasteiger partial charge in [0.15, 0.2) is 0 Å². The van der Waals surface area contributed by atoms with Gasteiger partial charge in [-0.3, -0.25) is 4.79 Å². The zero-order valence-corrected chi connectivity index (χ0v) is 16.4. The maximum atomic E-state index is 13.0. The fourth-order valence-electron chi connectivity index (χ4n) is 3.02. The highest BCUT2D eigenvalue weighted by atomic mass is 35.5. The molecule has 0 aromatic heterocycles. The van der Waals surface area contributed by atoms with Gasteiger partial charge in [0, 0.05) is 18.7 Å². The second kappa shape index (κ2) is 7.96. The Morgan fingerprint density at radius 1 is 1.15 bits per heavy atom. The molecule has 2 aromatic carbocycles. The summed E-state index contributed by atoms with van der Waals surface area (Å²) in [6.07, 6.45) is 1.62. The van der Waals surface area contributed by atoms with Crippen LogP contribution in [0.25, 0.3) is 0 Å². The van der Waals surface area contributed by atoms with Crippen LogP contribution in [-0.2, 0) is 10.0 Å². The lowest BCUT2D eigenvalue weighted by Crippen LogP contribution is -2.29. The zero-order valence-electron chi connectivity index (χ0n) is 14.8. The van der Waals surface area contributed by atoms with Gasteiger partial charge in [-0.1, -0.05) is 23.7 Å². The third kappa shape index (κ3) is 4.31. The van der Waals surface area contributed by atoms with Crippen LogP contribution in [0.5, 0.6) is 0 Å². The number of sulfonamides is 1. The van der Waals surface area contributed by atoms with Crippen molar-refractivity contribution in [1.82, 2.24) is 9.62 Å². The Hall–Kier alpha value is -1.96. The topological polar surface area (TPSA) is 66.5 Å². The summed E-state index contributed by atoms with van der Waals surface area (Å²) in [7, 11) is -3.73. The fourth-order valence-corrected chi connectivity index (χ4v) is 5.04. The van der Waals surface area contributed by atoms with Crippen molar-refractivity contribution in [2.75, 3.05) is 13.1 Å². The molecule has 1 aliphatic heterocycles. The van der Waals surface area contributed by atoms with E-state index in [0.717, 1.165) is 18.4 Å². The number of halogens is 2. The van der Waals surface area contributed by atoms with Gasteiger partial charge in [0.25, 0.3) is 5.91 Å². The first-order valence-corrected chi connectivity index (χ1v) is 10.5. The molecule has 1 atom stereocenters. The largest absolute Gasteiger partial charge is 0.346 e. The standard InChI is InChI=1S/C19H20ClFN2O3S/c1-13(14-4-7-16(21)8-5-14)22-19(24)15-6-9-17(20)18(12-15)27(25,26)23-10-2-3-11-23/h4-9,12-13H,2-3,10-11H2,1H3,(H,22,24). The van der Waals surface area contributed by atoms with Crippen LogP contribution in [-0.4, -0.2) is 31.7 Å². The smallest absolute Gasteiger partial charge is 0.251 e. The van der Waals surface area contributed by atoms with Crippen LogP contribution in [0, 0.1) is 5.82 Å². The first-order valence-electron chi connectivity index (χ1n) is 8.65. The van der Waals surface area contributed by atoms with Gasteiger partial charge in [0.05, 0.1) is 11.1 Å². The molecule has 8 heteroatoms. The molecule has 0 saturated carbocycles. The summed E-state index contributed by atoms with van der Waals surface area (Å²) in [6.45, 7) is 2.68. The number of carbonyl (C=O) groups excluding carboxylic acids is 1. The van der Waals surface area contributed by atoms with Crippen LogP contribution >= 0.6 is 11.6 Å². The van der Waals surface area contributed by atoms with Crippen molar-refractivity contribution < 1.29 is 17.6 Å². The number of carbonyl (C=O) groups is 1. The van der Waals surface area contributed by atoms with Crippen molar-refractivity contribution in [2.45, 2.75) is 30.7 Å². The van der Waals surface area contributed by atoms with E-state index in [9.17, 15) is 17.6 Å². The van der Waals surface area contributed by atoms with E-state index < -0.39 is 15.9 Å². The van der Waals surface area contributed by atoms with Gasteiger partial charge < -0.3 is 5.32 Å². The summed E-state index contributed by atoms with van der Waals surface area (Å²) in [4.78, 5) is 12.5. The van der Waals surface area contributed by atoms with Gasteiger partial charge in [-0.2, -0.15) is 4.31 Å².